The van der Waals surface area contributed by atoms with Crippen LogP contribution in [0.3, 0.4) is 0 Å². The van der Waals surface area contributed by atoms with Crippen LogP contribution < -0.4 is 20.1 Å². The normalized spacial score (nSPS) is 26.3. The molecule has 43 heavy (non-hydrogen) atoms. The summed E-state index contributed by atoms with van der Waals surface area (Å²) >= 11 is 0. The van der Waals surface area contributed by atoms with Crippen LogP contribution in [0.4, 0.5) is 10.3 Å². The summed E-state index contributed by atoms with van der Waals surface area (Å²) in [7, 11) is -4.43. The molecule has 3 aromatic rings. The Morgan fingerprint density at radius 3 is 2.72 bits per heavy atom. The van der Waals surface area contributed by atoms with E-state index in [0.29, 0.717) is 6.61 Å². The number of rotatable bonds is 12. The number of hydrogen-bond donors (Lipinski definition) is 3. The van der Waals surface area contributed by atoms with Gasteiger partial charge in [0.1, 0.15) is 36.8 Å². The van der Waals surface area contributed by atoms with E-state index in [9.17, 15) is 14.5 Å². The number of nitrogens with two attached hydrogens (primary N) is 1. The Hall–Kier alpha value is -3.36. The predicted octanol–water partition coefficient (Wildman–Crippen LogP) is 3.67. The molecule has 1 aliphatic carbocycles. The Balaban J connectivity index is 1.35. The van der Waals surface area contributed by atoms with Crippen molar-refractivity contribution in [2.24, 2.45) is 5.92 Å². The van der Waals surface area contributed by atoms with E-state index in [1.165, 1.54) is 30.0 Å². The largest absolute Gasteiger partial charge is 0.476 e. The molecule has 1 saturated carbocycles. The minimum absolute atomic E-state index is 0.0932. The van der Waals surface area contributed by atoms with Crippen LogP contribution in [0.25, 0.3) is 11.2 Å². The number of aromatic nitrogens is 4. The molecule has 2 aromatic heterocycles. The topological polar surface area (TPSA) is 182 Å². The molecule has 16 heteroatoms. The van der Waals surface area contributed by atoms with Gasteiger partial charge in [0, 0.05) is 5.92 Å². The second-order valence-electron chi connectivity index (χ2n) is 10.6. The molecule has 3 heterocycles. The minimum Gasteiger partial charge on any atom is -0.476 e. The molecule has 6 unspecified atom stereocenters. The van der Waals surface area contributed by atoms with Gasteiger partial charge in [-0.1, -0.05) is 25.1 Å². The summed E-state index contributed by atoms with van der Waals surface area (Å²) in [5.41, 5.74) is 6.33. The average molecular weight is 623 g/mol. The second-order valence-corrected chi connectivity index (χ2v) is 12.3. The van der Waals surface area contributed by atoms with Gasteiger partial charge in [-0.25, -0.2) is 13.9 Å². The van der Waals surface area contributed by atoms with Crippen LogP contribution in [0.15, 0.2) is 36.7 Å². The zero-order valence-corrected chi connectivity index (χ0v) is 25.0. The third-order valence-electron chi connectivity index (χ3n) is 7.36. The zero-order chi connectivity index (χ0) is 30.8. The maximum absolute atomic E-state index is 16.3. The summed E-state index contributed by atoms with van der Waals surface area (Å²) in [5.74, 6) is -4.13. The molecule has 4 N–H and O–H groups in total. The van der Waals surface area contributed by atoms with Crippen LogP contribution >= 0.6 is 7.75 Å². The van der Waals surface area contributed by atoms with Crippen LogP contribution in [0.5, 0.6) is 11.6 Å². The Labute approximate surface area is 247 Å². The number of fused-ring (bicyclic) bond motifs is 1. The number of esters is 1. The van der Waals surface area contributed by atoms with E-state index in [1.807, 2.05) is 0 Å². The number of aliphatic hydroxyl groups is 1. The van der Waals surface area contributed by atoms with Crippen molar-refractivity contribution in [1.29, 1.82) is 0 Å². The summed E-state index contributed by atoms with van der Waals surface area (Å²) in [6, 6.07) is 6.95. The Bertz CT molecular complexity index is 1470. The highest BCUT2D eigenvalue weighted by Gasteiger charge is 2.56. The van der Waals surface area contributed by atoms with Crippen molar-refractivity contribution in [3.8, 4) is 11.6 Å². The van der Waals surface area contributed by atoms with E-state index in [1.54, 1.807) is 32.0 Å². The maximum atomic E-state index is 16.3. The lowest BCUT2D eigenvalue weighted by Gasteiger charge is -2.28. The lowest BCUT2D eigenvalue weighted by Crippen LogP contribution is -2.42. The number of alkyl halides is 1. The summed E-state index contributed by atoms with van der Waals surface area (Å²) in [5, 5.41) is 13.5. The smallest absolute Gasteiger partial charge is 0.459 e. The number of imidazole rings is 1. The number of nitrogens with one attached hydrogen (secondary N) is 1. The van der Waals surface area contributed by atoms with E-state index in [-0.39, 0.29) is 34.8 Å². The number of carbonyl (C=O) groups excluding carboxylic acids is 1. The van der Waals surface area contributed by atoms with Gasteiger partial charge in [0.25, 0.3) is 5.85 Å². The van der Waals surface area contributed by atoms with Crippen LogP contribution in [0.1, 0.15) is 52.7 Å². The number of nitrogen functional groups attached to an aromatic ring is 1. The van der Waals surface area contributed by atoms with Crippen molar-refractivity contribution in [3.05, 3.63) is 36.7 Å². The zero-order valence-electron chi connectivity index (χ0n) is 24.1. The Morgan fingerprint density at radius 2 is 2.02 bits per heavy atom. The van der Waals surface area contributed by atoms with Gasteiger partial charge in [-0.15, -0.1) is 0 Å². The molecular weight excluding hydrogens is 586 g/mol. The molecule has 2 aliphatic rings. The number of anilines is 1. The van der Waals surface area contributed by atoms with Gasteiger partial charge in [0.15, 0.2) is 11.2 Å². The fourth-order valence-electron chi connectivity index (χ4n) is 5.13. The highest BCUT2D eigenvalue weighted by atomic mass is 31.2. The monoisotopic (exact) mass is 622 g/mol. The lowest BCUT2D eigenvalue weighted by atomic mass is 10.0. The highest BCUT2D eigenvalue weighted by Crippen LogP contribution is 2.49. The predicted molar refractivity (Wildman–Crippen MR) is 152 cm³/mol. The van der Waals surface area contributed by atoms with Gasteiger partial charge in [-0.3, -0.25) is 13.9 Å². The van der Waals surface area contributed by atoms with Crippen molar-refractivity contribution >= 4 is 30.8 Å². The van der Waals surface area contributed by atoms with Gasteiger partial charge in [0.2, 0.25) is 11.8 Å². The standard InChI is InChI=1S/C27H36FN6O8P/c1-4-38-23-20-22(31-26(29)32-23)34(15-30-20)24-16(2)21(35)27(28,41-24)14-39-43(37,42-19-12-6-5-7-13-19)33-17(3)25(36)40-18-10-8-9-11-18/h5-7,12-13,15-18,21,24,35H,4,8-11,14H2,1-3H3,(H,33,37)(H2,29,31,32). The average Bonchev–Trinajstić information content (AvgIpc) is 3.69. The second kappa shape index (κ2) is 12.7. The van der Waals surface area contributed by atoms with E-state index in [4.69, 9.17) is 29.0 Å². The van der Waals surface area contributed by atoms with Gasteiger partial charge >= 0.3 is 13.7 Å². The number of benzene rings is 1. The number of hydrogen-bond acceptors (Lipinski definition) is 12. The van der Waals surface area contributed by atoms with E-state index in [2.05, 4.69) is 20.0 Å². The number of para-hydroxylation sites is 1. The number of nitrogens with zero attached hydrogens (tertiary/aromatic N) is 4. The van der Waals surface area contributed by atoms with Crippen LogP contribution in [0.2, 0.25) is 0 Å². The third-order valence-corrected chi connectivity index (χ3v) is 8.98. The van der Waals surface area contributed by atoms with Crippen molar-refractivity contribution < 1.29 is 42.1 Å². The molecule has 234 valence electrons. The highest BCUT2D eigenvalue weighted by molar-refractivity contribution is 7.52. The quantitative estimate of drug-likeness (QED) is 0.197. The van der Waals surface area contributed by atoms with Crippen LogP contribution in [-0.4, -0.2) is 67.9 Å². The summed E-state index contributed by atoms with van der Waals surface area (Å²) < 4.78 is 59.5. The van der Waals surface area contributed by atoms with Gasteiger partial charge in [0.05, 0.1) is 12.9 Å². The summed E-state index contributed by atoms with van der Waals surface area (Å²) in [6.07, 6.45) is 1.73. The fourth-order valence-corrected chi connectivity index (χ4v) is 6.64. The minimum atomic E-state index is -4.43. The number of aliphatic hydroxyl groups excluding tert-OH is 1. The molecule has 6 atom stereocenters. The van der Waals surface area contributed by atoms with Crippen molar-refractivity contribution in [2.45, 2.75) is 76.8 Å². The molecule has 2 fully saturated rings. The number of carbonyl (C=O) groups is 1. The van der Waals surface area contributed by atoms with Gasteiger partial charge in [-0.05, 0) is 51.7 Å². The third kappa shape index (κ3) is 6.75. The first kappa shape index (κ1) is 31.1. The molecule has 0 amide bonds. The first-order valence-corrected chi connectivity index (χ1v) is 15.7. The van der Waals surface area contributed by atoms with Crippen LogP contribution in [-0.2, 0) is 23.4 Å². The Kier molecular flexibility index (Phi) is 9.18. The van der Waals surface area contributed by atoms with Gasteiger partial charge < -0.3 is 29.6 Å². The first-order valence-electron chi connectivity index (χ1n) is 14.2. The summed E-state index contributed by atoms with van der Waals surface area (Å²) in [6.45, 7) is 4.07. The van der Waals surface area contributed by atoms with Crippen molar-refractivity contribution in [2.75, 3.05) is 18.9 Å². The van der Waals surface area contributed by atoms with Crippen molar-refractivity contribution in [3.63, 3.8) is 0 Å². The van der Waals surface area contributed by atoms with E-state index >= 15 is 4.39 Å². The summed E-state index contributed by atoms with van der Waals surface area (Å²) in [4.78, 5) is 25.2. The molecule has 5 rings (SSSR count). The maximum Gasteiger partial charge on any atom is 0.459 e. The van der Waals surface area contributed by atoms with E-state index in [0.717, 1.165) is 25.7 Å². The number of halogens is 1. The molecule has 14 nitrogen and oxygen atoms in total. The van der Waals surface area contributed by atoms with Crippen LogP contribution in [0, 0.1) is 5.92 Å². The molecule has 1 saturated heterocycles. The first-order chi connectivity index (χ1) is 20.5. The molecule has 0 spiro atoms. The molecule has 1 aliphatic heterocycles. The lowest BCUT2D eigenvalue weighted by molar-refractivity contribution is -0.202. The fraction of sp³-hybridized carbons (Fsp3) is 0.556. The van der Waals surface area contributed by atoms with E-state index < -0.39 is 50.5 Å². The number of ether oxygens (including phenoxy) is 3. The molecular formula is C27H36FN6O8P. The molecule has 1 aromatic carbocycles. The molecule has 0 radical (unpaired) electrons. The SMILES string of the molecule is CCOc1nc(N)nc2c1ncn2C1OC(F)(COP(=O)(NC(C)C(=O)OC2CCCC2)Oc2ccccc2)C(O)C1C. The van der Waals surface area contributed by atoms with Crippen molar-refractivity contribution in [1.82, 2.24) is 24.6 Å². The van der Waals surface area contributed by atoms with Gasteiger partial charge in [-0.2, -0.15) is 15.1 Å². The molecule has 0 bridgehead atoms. The Morgan fingerprint density at radius 1 is 1.30 bits per heavy atom.